The van der Waals surface area contributed by atoms with E-state index in [9.17, 15) is 4.79 Å². The van der Waals surface area contributed by atoms with Gasteiger partial charge in [-0.25, -0.2) is 15.0 Å². The highest BCUT2D eigenvalue weighted by molar-refractivity contribution is 6.06. The Kier molecular flexibility index (Phi) is 6.73. The summed E-state index contributed by atoms with van der Waals surface area (Å²) in [4.78, 5) is 30.9. The van der Waals surface area contributed by atoms with Crippen LogP contribution in [0.2, 0.25) is 0 Å². The van der Waals surface area contributed by atoms with Crippen molar-refractivity contribution in [3.05, 3.63) is 54.5 Å². The third-order valence-corrected chi connectivity index (χ3v) is 6.43. The second-order valence-electron chi connectivity index (χ2n) is 8.79. The number of pyridine rings is 1. The average molecular weight is 475 g/mol. The maximum absolute atomic E-state index is 13.2. The lowest BCUT2D eigenvalue weighted by Gasteiger charge is -2.32. The summed E-state index contributed by atoms with van der Waals surface area (Å²) in [5.41, 5.74) is 15.5. The fraction of sp³-hybridized carbons (Fsp3) is 0.360. The Balaban J connectivity index is 1.38. The molecule has 10 heteroatoms. The van der Waals surface area contributed by atoms with Gasteiger partial charge in [-0.1, -0.05) is 12.1 Å². The van der Waals surface area contributed by atoms with Crippen LogP contribution < -0.4 is 26.6 Å². The first-order valence-corrected chi connectivity index (χ1v) is 11.9. The quantitative estimate of drug-likeness (QED) is 0.508. The lowest BCUT2D eigenvalue weighted by Crippen LogP contribution is -2.40. The number of hydrogen-bond donors (Lipinski definition) is 3. The van der Waals surface area contributed by atoms with Gasteiger partial charge in [0.05, 0.1) is 30.8 Å². The number of amides is 1. The molecule has 0 radical (unpaired) electrons. The van der Waals surface area contributed by atoms with Gasteiger partial charge in [0, 0.05) is 49.7 Å². The summed E-state index contributed by atoms with van der Waals surface area (Å²) >= 11 is 0. The number of rotatable bonds is 5. The first-order chi connectivity index (χ1) is 17.1. The molecule has 182 valence electrons. The van der Waals surface area contributed by atoms with E-state index in [1.165, 1.54) is 0 Å². The Bertz CT molecular complexity index is 1190. The van der Waals surface area contributed by atoms with Gasteiger partial charge in [0.15, 0.2) is 17.3 Å². The van der Waals surface area contributed by atoms with E-state index in [1.54, 1.807) is 12.4 Å². The molecule has 5 rings (SSSR count). The van der Waals surface area contributed by atoms with Gasteiger partial charge in [0.1, 0.15) is 0 Å². The van der Waals surface area contributed by atoms with E-state index in [-0.39, 0.29) is 17.6 Å². The molecule has 0 bridgehead atoms. The Hall–Kier alpha value is -3.76. The molecule has 35 heavy (non-hydrogen) atoms. The van der Waals surface area contributed by atoms with Gasteiger partial charge in [-0.2, -0.15) is 0 Å². The van der Waals surface area contributed by atoms with Gasteiger partial charge in [-0.15, -0.1) is 0 Å². The molecule has 0 aliphatic carbocycles. The van der Waals surface area contributed by atoms with E-state index < -0.39 is 5.91 Å². The number of aromatic nitrogens is 3. The largest absolute Gasteiger partial charge is 0.382 e. The molecule has 1 amide bonds. The van der Waals surface area contributed by atoms with Crippen molar-refractivity contribution in [3.63, 3.8) is 0 Å². The minimum Gasteiger partial charge on any atom is -0.382 e. The second kappa shape index (κ2) is 10.2. The van der Waals surface area contributed by atoms with Crippen LogP contribution in [0, 0.1) is 0 Å². The molecule has 2 aliphatic rings. The Morgan fingerprint density at radius 2 is 1.83 bits per heavy atom. The van der Waals surface area contributed by atoms with E-state index in [0.29, 0.717) is 24.7 Å². The zero-order valence-electron chi connectivity index (χ0n) is 19.6. The molecule has 0 atom stereocenters. The normalized spacial score (nSPS) is 16.8. The highest BCUT2D eigenvalue weighted by Crippen LogP contribution is 2.28. The predicted molar refractivity (Wildman–Crippen MR) is 137 cm³/mol. The van der Waals surface area contributed by atoms with Gasteiger partial charge in [0.2, 0.25) is 0 Å². The van der Waals surface area contributed by atoms with Gasteiger partial charge >= 0.3 is 0 Å². The molecule has 0 spiro atoms. The molecule has 2 saturated heterocycles. The lowest BCUT2D eigenvalue weighted by atomic mass is 10.1. The molecular formula is C25H30N8O2. The molecule has 5 N–H and O–H groups in total. The fourth-order valence-electron chi connectivity index (χ4n) is 4.44. The monoisotopic (exact) mass is 474 g/mol. The fourth-order valence-corrected chi connectivity index (χ4v) is 4.44. The number of benzene rings is 1. The lowest BCUT2D eigenvalue weighted by molar-refractivity contribution is 0.102. The number of ether oxygens (including phenoxy) is 1. The Labute approximate surface area is 204 Å². The summed E-state index contributed by atoms with van der Waals surface area (Å²) in [5.74, 6) is 0.0840. The second-order valence-corrected chi connectivity index (χ2v) is 8.79. The molecule has 0 saturated carbocycles. The number of morpholine rings is 1. The number of hydrogen-bond acceptors (Lipinski definition) is 9. The van der Waals surface area contributed by atoms with Crippen LogP contribution in [-0.2, 0) is 4.74 Å². The van der Waals surface area contributed by atoms with Crippen LogP contribution in [-0.4, -0.2) is 66.3 Å². The maximum atomic E-state index is 13.2. The number of piperidine rings is 1. The topological polar surface area (TPSA) is 136 Å². The zero-order valence-corrected chi connectivity index (χ0v) is 19.6. The van der Waals surface area contributed by atoms with E-state index >= 15 is 0 Å². The van der Waals surface area contributed by atoms with Crippen LogP contribution in [0.4, 0.5) is 23.0 Å². The van der Waals surface area contributed by atoms with Crippen molar-refractivity contribution in [3.8, 4) is 11.3 Å². The van der Waals surface area contributed by atoms with Crippen LogP contribution >= 0.6 is 0 Å². The number of nitrogen functional groups attached to an aromatic ring is 1. The van der Waals surface area contributed by atoms with Crippen molar-refractivity contribution in [1.82, 2.24) is 15.0 Å². The molecule has 10 nitrogen and oxygen atoms in total. The summed E-state index contributed by atoms with van der Waals surface area (Å²) in [6, 6.07) is 12.0. The zero-order chi connectivity index (χ0) is 24.2. The molecule has 0 unspecified atom stereocenters. The standard InChI is InChI=1S/C25H30N8O2/c26-18-6-9-33(10-7-18)21-5-2-8-28-24(21)31-25(34)22-23(27)29-16-20(30-22)17-3-1-4-19(15-17)32-11-13-35-14-12-32/h1-5,8,15-16,18H,6-7,9-14,26H2,(H2,27,29)(H,28,31,34). The molecular weight excluding hydrogens is 444 g/mol. The highest BCUT2D eigenvalue weighted by atomic mass is 16.5. The van der Waals surface area contributed by atoms with Gasteiger partial charge in [-0.3, -0.25) is 4.79 Å². The number of nitrogens with zero attached hydrogens (tertiary/aromatic N) is 5. The molecule has 3 aromatic rings. The van der Waals surface area contributed by atoms with Crippen molar-refractivity contribution in [2.24, 2.45) is 5.73 Å². The van der Waals surface area contributed by atoms with E-state index in [0.717, 1.165) is 56.0 Å². The first-order valence-electron chi connectivity index (χ1n) is 11.9. The van der Waals surface area contributed by atoms with E-state index in [1.807, 2.05) is 30.3 Å². The van der Waals surface area contributed by atoms with Crippen molar-refractivity contribution in [1.29, 1.82) is 0 Å². The minimum atomic E-state index is -0.449. The number of carbonyl (C=O) groups is 1. The summed E-state index contributed by atoms with van der Waals surface area (Å²) in [5, 5.41) is 2.89. The predicted octanol–water partition coefficient (Wildman–Crippen LogP) is 2.14. The number of nitrogens with one attached hydrogen (secondary N) is 1. The smallest absolute Gasteiger partial charge is 0.279 e. The summed E-state index contributed by atoms with van der Waals surface area (Å²) in [6.07, 6.45) is 5.03. The first kappa shape index (κ1) is 23.0. The number of nitrogens with two attached hydrogens (primary N) is 2. The van der Waals surface area contributed by atoms with Crippen LogP contribution in [0.15, 0.2) is 48.8 Å². The van der Waals surface area contributed by atoms with Gasteiger partial charge in [0.25, 0.3) is 5.91 Å². The van der Waals surface area contributed by atoms with Crippen LogP contribution in [0.1, 0.15) is 23.3 Å². The number of carbonyl (C=O) groups excluding carboxylic acids is 1. The van der Waals surface area contributed by atoms with E-state index in [4.69, 9.17) is 16.2 Å². The highest BCUT2D eigenvalue weighted by Gasteiger charge is 2.22. The third-order valence-electron chi connectivity index (χ3n) is 6.43. The SMILES string of the molecule is Nc1ncc(-c2cccc(N3CCOCC3)c2)nc1C(=O)Nc1ncccc1N1CCC(N)CC1. The molecule has 1 aromatic carbocycles. The maximum Gasteiger partial charge on any atom is 0.279 e. The van der Waals surface area contributed by atoms with Crippen LogP contribution in [0.3, 0.4) is 0 Å². The van der Waals surface area contributed by atoms with Gasteiger partial charge in [-0.05, 0) is 37.1 Å². The van der Waals surface area contributed by atoms with Crippen LogP contribution in [0.25, 0.3) is 11.3 Å². The number of anilines is 4. The molecule has 4 heterocycles. The summed E-state index contributed by atoms with van der Waals surface area (Å²) < 4.78 is 5.46. The van der Waals surface area contributed by atoms with Crippen molar-refractivity contribution in [2.75, 3.05) is 60.2 Å². The molecule has 2 aliphatic heterocycles. The van der Waals surface area contributed by atoms with Crippen LogP contribution in [0.5, 0.6) is 0 Å². The third kappa shape index (κ3) is 5.18. The van der Waals surface area contributed by atoms with Crippen molar-refractivity contribution >= 4 is 28.9 Å². The summed E-state index contributed by atoms with van der Waals surface area (Å²) in [6.45, 7) is 4.70. The van der Waals surface area contributed by atoms with E-state index in [2.05, 4.69) is 36.1 Å². The Morgan fingerprint density at radius 1 is 1.03 bits per heavy atom. The van der Waals surface area contributed by atoms with Crippen molar-refractivity contribution < 1.29 is 9.53 Å². The summed E-state index contributed by atoms with van der Waals surface area (Å²) in [7, 11) is 0. The average Bonchev–Trinajstić information content (AvgIpc) is 2.90. The van der Waals surface area contributed by atoms with Crippen molar-refractivity contribution in [2.45, 2.75) is 18.9 Å². The van der Waals surface area contributed by atoms with Gasteiger partial charge < -0.3 is 31.3 Å². The Morgan fingerprint density at radius 3 is 2.63 bits per heavy atom. The molecule has 2 fully saturated rings. The molecule has 2 aromatic heterocycles. The minimum absolute atomic E-state index is 0.0662.